The van der Waals surface area contributed by atoms with Gasteiger partial charge in [0.15, 0.2) is 5.78 Å². The summed E-state index contributed by atoms with van der Waals surface area (Å²) in [5, 5.41) is 10.6. The highest BCUT2D eigenvalue weighted by molar-refractivity contribution is 6.01. The highest BCUT2D eigenvalue weighted by Gasteiger charge is 2.24. The molecule has 1 atom stereocenters. The number of carbonyl (C=O) groups is 2. The first kappa shape index (κ1) is 18.5. The zero-order chi connectivity index (χ0) is 19.5. The first-order valence-corrected chi connectivity index (χ1v) is 9.96. The summed E-state index contributed by atoms with van der Waals surface area (Å²) in [7, 11) is 0. The van der Waals surface area contributed by atoms with Crippen molar-refractivity contribution >= 4 is 22.7 Å². The number of hydrogen-bond acceptors (Lipinski definition) is 3. The molecule has 0 saturated heterocycles. The van der Waals surface area contributed by atoms with Crippen LogP contribution in [0.25, 0.3) is 11.0 Å². The number of Topliss-reactive ketones (excluding diaryl/α,β-unsaturated/α-hetero) is 1. The number of carbonyl (C=O) groups excluding carboxylic acids is 1. The monoisotopic (exact) mass is 376 g/mol. The molecule has 2 aromatic carbocycles. The van der Waals surface area contributed by atoms with Gasteiger partial charge in [0.25, 0.3) is 0 Å². The molecule has 0 unspecified atom stereocenters. The molecular formula is C24H24O4. The molecule has 0 aliphatic heterocycles. The molecule has 1 N–H and O–H groups in total. The van der Waals surface area contributed by atoms with E-state index in [9.17, 15) is 14.7 Å². The minimum Gasteiger partial charge on any atom is -0.481 e. The molecule has 0 saturated carbocycles. The minimum atomic E-state index is -0.903. The summed E-state index contributed by atoms with van der Waals surface area (Å²) < 4.78 is 5.90. The Kier molecular flexibility index (Phi) is 5.29. The maximum absolute atomic E-state index is 12.7. The van der Waals surface area contributed by atoms with Crippen molar-refractivity contribution in [3.63, 3.8) is 0 Å². The Hall–Kier alpha value is -2.88. The molecule has 144 valence electrons. The van der Waals surface area contributed by atoms with Gasteiger partial charge in [-0.3, -0.25) is 9.59 Å². The lowest BCUT2D eigenvalue weighted by atomic mass is 9.92. The van der Waals surface area contributed by atoms with Crippen LogP contribution in [0.2, 0.25) is 0 Å². The van der Waals surface area contributed by atoms with E-state index >= 15 is 0 Å². The summed E-state index contributed by atoms with van der Waals surface area (Å²) in [5.41, 5.74) is 3.73. The van der Waals surface area contributed by atoms with Crippen molar-refractivity contribution in [1.82, 2.24) is 0 Å². The average Bonchev–Trinajstić information content (AvgIpc) is 3.28. The Balaban J connectivity index is 1.41. The van der Waals surface area contributed by atoms with E-state index in [0.717, 1.165) is 48.8 Å². The number of aliphatic carboxylic acids is 1. The lowest BCUT2D eigenvalue weighted by molar-refractivity contribution is -0.141. The number of benzene rings is 2. The number of fused-ring (bicyclic) bond motifs is 3. The van der Waals surface area contributed by atoms with Gasteiger partial charge in [-0.25, -0.2) is 0 Å². The van der Waals surface area contributed by atoms with Gasteiger partial charge in [0.1, 0.15) is 11.3 Å². The van der Waals surface area contributed by atoms with Gasteiger partial charge in [0, 0.05) is 29.4 Å². The highest BCUT2D eigenvalue weighted by atomic mass is 16.4. The third kappa shape index (κ3) is 3.86. The van der Waals surface area contributed by atoms with Crippen LogP contribution in [0.1, 0.15) is 52.9 Å². The summed E-state index contributed by atoms with van der Waals surface area (Å²) in [4.78, 5) is 24.4. The second kappa shape index (κ2) is 8.01. The quantitative estimate of drug-likeness (QED) is 0.548. The van der Waals surface area contributed by atoms with Crippen LogP contribution < -0.4 is 0 Å². The van der Waals surface area contributed by atoms with Crippen LogP contribution >= 0.6 is 0 Å². The van der Waals surface area contributed by atoms with E-state index in [1.807, 2.05) is 42.5 Å². The molecule has 1 aliphatic carbocycles. The van der Waals surface area contributed by atoms with Crippen LogP contribution in [0, 0.1) is 5.92 Å². The van der Waals surface area contributed by atoms with Crippen molar-refractivity contribution in [1.29, 1.82) is 0 Å². The van der Waals surface area contributed by atoms with Crippen LogP contribution in [-0.2, 0) is 24.1 Å². The number of furan rings is 1. The van der Waals surface area contributed by atoms with E-state index in [0.29, 0.717) is 12.0 Å². The Morgan fingerprint density at radius 3 is 2.68 bits per heavy atom. The molecule has 4 rings (SSSR count). The summed E-state index contributed by atoms with van der Waals surface area (Å²) in [6, 6.07) is 15.5. The largest absolute Gasteiger partial charge is 0.481 e. The van der Waals surface area contributed by atoms with Crippen molar-refractivity contribution in [3.05, 3.63) is 71.0 Å². The van der Waals surface area contributed by atoms with Gasteiger partial charge in [-0.2, -0.15) is 0 Å². The average molecular weight is 376 g/mol. The van der Waals surface area contributed by atoms with E-state index in [2.05, 4.69) is 0 Å². The Morgan fingerprint density at radius 1 is 1.07 bits per heavy atom. The van der Waals surface area contributed by atoms with Gasteiger partial charge in [-0.15, -0.1) is 0 Å². The fourth-order valence-electron chi connectivity index (χ4n) is 4.13. The van der Waals surface area contributed by atoms with Crippen molar-refractivity contribution in [2.75, 3.05) is 0 Å². The highest BCUT2D eigenvalue weighted by Crippen LogP contribution is 2.33. The normalized spacial score (nSPS) is 14.1. The smallest absolute Gasteiger partial charge is 0.306 e. The molecular weight excluding hydrogens is 352 g/mol. The molecule has 1 heterocycles. The van der Waals surface area contributed by atoms with Crippen LogP contribution in [0.3, 0.4) is 0 Å². The van der Waals surface area contributed by atoms with Gasteiger partial charge in [0.05, 0.1) is 5.92 Å². The van der Waals surface area contributed by atoms with Gasteiger partial charge in [0.2, 0.25) is 0 Å². The molecule has 0 fully saturated rings. The number of ketones is 1. The van der Waals surface area contributed by atoms with Gasteiger partial charge < -0.3 is 9.52 Å². The molecule has 1 aromatic heterocycles. The first-order valence-electron chi connectivity index (χ1n) is 9.96. The van der Waals surface area contributed by atoms with E-state index in [4.69, 9.17) is 4.42 Å². The van der Waals surface area contributed by atoms with Crippen molar-refractivity contribution in [3.8, 4) is 0 Å². The predicted molar refractivity (Wildman–Crippen MR) is 108 cm³/mol. The number of hydrogen-bond donors (Lipinski definition) is 1. The van der Waals surface area contributed by atoms with Crippen LogP contribution in [0.4, 0.5) is 0 Å². The van der Waals surface area contributed by atoms with Crippen molar-refractivity contribution in [2.45, 2.75) is 44.9 Å². The maximum atomic E-state index is 12.7. The summed E-state index contributed by atoms with van der Waals surface area (Å²) >= 11 is 0. The third-order valence-corrected chi connectivity index (χ3v) is 5.67. The van der Waals surface area contributed by atoms with Gasteiger partial charge in [-0.05, 0) is 43.7 Å². The maximum Gasteiger partial charge on any atom is 0.306 e. The first-order chi connectivity index (χ1) is 13.6. The SMILES string of the molecule is O=C(C[C@@H](CCCc1ccccc1)C(=O)O)c1ccc2c3c(oc2c1)CCC3. The molecule has 0 radical (unpaired) electrons. The van der Waals surface area contributed by atoms with Crippen LogP contribution in [0.15, 0.2) is 52.9 Å². The second-order valence-corrected chi connectivity index (χ2v) is 7.61. The van der Waals surface area contributed by atoms with E-state index in [1.54, 1.807) is 6.07 Å². The fourth-order valence-corrected chi connectivity index (χ4v) is 4.13. The van der Waals surface area contributed by atoms with E-state index < -0.39 is 11.9 Å². The molecule has 4 nitrogen and oxygen atoms in total. The molecule has 0 amide bonds. The summed E-state index contributed by atoms with van der Waals surface area (Å²) in [6.07, 6.45) is 5.19. The second-order valence-electron chi connectivity index (χ2n) is 7.61. The minimum absolute atomic E-state index is 0.0239. The lowest BCUT2D eigenvalue weighted by Gasteiger charge is -2.12. The molecule has 0 bridgehead atoms. The van der Waals surface area contributed by atoms with Crippen molar-refractivity contribution < 1.29 is 19.1 Å². The lowest BCUT2D eigenvalue weighted by Crippen LogP contribution is -2.18. The number of aryl methyl sites for hydroxylation is 3. The van der Waals surface area contributed by atoms with Crippen LogP contribution in [0.5, 0.6) is 0 Å². The Labute approximate surface area is 164 Å². The molecule has 4 heteroatoms. The number of carboxylic acid groups (broad SMARTS) is 1. The molecule has 0 spiro atoms. The molecule has 3 aromatic rings. The van der Waals surface area contributed by atoms with E-state index in [1.165, 1.54) is 11.1 Å². The molecule has 1 aliphatic rings. The number of rotatable bonds is 8. The Bertz CT molecular complexity index is 1000. The van der Waals surface area contributed by atoms with Crippen molar-refractivity contribution in [2.24, 2.45) is 5.92 Å². The predicted octanol–water partition coefficient (Wildman–Crippen LogP) is 5.22. The van der Waals surface area contributed by atoms with E-state index in [-0.39, 0.29) is 12.2 Å². The Morgan fingerprint density at radius 2 is 1.89 bits per heavy atom. The summed E-state index contributed by atoms with van der Waals surface area (Å²) in [5.74, 6) is -0.664. The van der Waals surface area contributed by atoms with Gasteiger partial charge in [-0.1, -0.05) is 42.5 Å². The fraction of sp³-hybridized carbons (Fsp3) is 0.333. The van der Waals surface area contributed by atoms with Gasteiger partial charge >= 0.3 is 5.97 Å². The zero-order valence-electron chi connectivity index (χ0n) is 15.8. The number of carboxylic acids is 1. The zero-order valence-corrected chi connectivity index (χ0v) is 15.8. The standard InChI is InChI=1S/C24H24O4/c25-21(14-18(24(26)27)9-4-8-16-6-2-1-3-7-16)17-12-13-20-19-10-5-11-22(19)28-23(20)15-17/h1-3,6-7,12-13,15,18H,4-5,8-11,14H2,(H,26,27)/t18-/m1/s1. The topological polar surface area (TPSA) is 67.5 Å². The van der Waals surface area contributed by atoms with Crippen LogP contribution in [-0.4, -0.2) is 16.9 Å². The molecule has 28 heavy (non-hydrogen) atoms. The summed E-state index contributed by atoms with van der Waals surface area (Å²) in [6.45, 7) is 0. The third-order valence-electron chi connectivity index (χ3n) is 5.67.